The molecule has 2 aromatic carbocycles. The fourth-order valence-corrected chi connectivity index (χ4v) is 4.26. The number of fused-ring (bicyclic) bond motifs is 1. The van der Waals surface area contributed by atoms with Gasteiger partial charge in [0.2, 0.25) is 0 Å². The third-order valence-corrected chi connectivity index (χ3v) is 6.15. The van der Waals surface area contributed by atoms with Crippen molar-refractivity contribution in [1.82, 2.24) is 0 Å². The summed E-state index contributed by atoms with van der Waals surface area (Å²) in [5, 5.41) is 14.9. The fourth-order valence-electron chi connectivity index (χ4n) is 4.26. The largest absolute Gasteiger partial charge is 0.478 e. The minimum atomic E-state index is -4.32. The lowest BCUT2D eigenvalue weighted by Gasteiger charge is -2.43. The summed E-state index contributed by atoms with van der Waals surface area (Å²) in [4.78, 5) is 11.0. The third kappa shape index (κ3) is 5.14. The number of hydrogen-bond acceptors (Lipinski definition) is 3. The second-order valence-electron chi connectivity index (χ2n) is 9.49. The molecule has 0 spiro atoms. The molecule has 0 radical (unpaired) electrons. The van der Waals surface area contributed by atoms with E-state index in [1.807, 2.05) is 12.1 Å². The van der Waals surface area contributed by atoms with Crippen LogP contribution < -0.4 is 10.6 Å². The lowest BCUT2D eigenvalue weighted by atomic mass is 9.62. The molecule has 0 heterocycles. The van der Waals surface area contributed by atoms with Crippen LogP contribution in [0.4, 0.5) is 24.5 Å². The first kappa shape index (κ1) is 23.0. The van der Waals surface area contributed by atoms with Gasteiger partial charge in [0.1, 0.15) is 6.54 Å². The maximum atomic E-state index is 13.1. The second-order valence-corrected chi connectivity index (χ2v) is 9.49. The first-order chi connectivity index (χ1) is 14.3. The Morgan fingerprint density at radius 1 is 0.968 bits per heavy atom. The van der Waals surface area contributed by atoms with Gasteiger partial charge in [-0.1, -0.05) is 39.8 Å². The average molecular weight is 435 g/mol. The van der Waals surface area contributed by atoms with Gasteiger partial charge >= 0.3 is 12.1 Å². The van der Waals surface area contributed by atoms with Crippen molar-refractivity contribution in [1.29, 1.82) is 0 Å². The maximum Gasteiger partial charge on any atom is 0.405 e. The Kier molecular flexibility index (Phi) is 6.00. The number of hydrogen-bond donors (Lipinski definition) is 3. The number of halogens is 3. The first-order valence-electron chi connectivity index (χ1n) is 10.3. The van der Waals surface area contributed by atoms with E-state index < -0.39 is 18.7 Å². The average Bonchev–Trinajstić information content (AvgIpc) is 2.68. The molecule has 0 aromatic heterocycles. The predicted molar refractivity (Wildman–Crippen MR) is 117 cm³/mol. The smallest absolute Gasteiger partial charge is 0.405 e. The third-order valence-electron chi connectivity index (χ3n) is 6.15. The van der Waals surface area contributed by atoms with Gasteiger partial charge in [-0.2, -0.15) is 13.2 Å². The molecule has 168 valence electrons. The number of aromatic carboxylic acids is 1. The molecule has 1 aliphatic rings. The summed E-state index contributed by atoms with van der Waals surface area (Å²) < 4.78 is 39.2. The molecule has 3 rings (SSSR count). The molecule has 4 nitrogen and oxygen atoms in total. The highest BCUT2D eigenvalue weighted by molar-refractivity contribution is 5.88. The van der Waals surface area contributed by atoms with Gasteiger partial charge in [-0.05, 0) is 64.6 Å². The summed E-state index contributed by atoms with van der Waals surface area (Å²) >= 11 is 0. The predicted octanol–water partition coefficient (Wildman–Crippen LogP) is 6.32. The Morgan fingerprint density at radius 3 is 2.16 bits per heavy atom. The van der Waals surface area contributed by atoms with Crippen LogP contribution in [0.25, 0.3) is 0 Å². The Balaban J connectivity index is 1.98. The van der Waals surface area contributed by atoms with Gasteiger partial charge in [-0.15, -0.1) is 0 Å². The molecule has 1 aliphatic carbocycles. The highest BCUT2D eigenvalue weighted by Crippen LogP contribution is 2.49. The molecule has 7 heteroatoms. The van der Waals surface area contributed by atoms with Crippen molar-refractivity contribution in [3.63, 3.8) is 0 Å². The summed E-state index contributed by atoms with van der Waals surface area (Å²) in [5.41, 5.74) is 3.84. The van der Waals surface area contributed by atoms with Crippen LogP contribution in [0.2, 0.25) is 0 Å². The lowest BCUT2D eigenvalue weighted by molar-refractivity contribution is -0.115. The Hall–Kier alpha value is -2.70. The van der Waals surface area contributed by atoms with Crippen LogP contribution >= 0.6 is 0 Å². The molecule has 2 aromatic rings. The Bertz CT molecular complexity index is 964. The van der Waals surface area contributed by atoms with Crippen molar-refractivity contribution in [2.75, 3.05) is 17.2 Å². The molecule has 0 saturated heterocycles. The van der Waals surface area contributed by atoms with Gasteiger partial charge in [0.15, 0.2) is 0 Å². The summed E-state index contributed by atoms with van der Waals surface area (Å²) in [6, 6.07) is 10.2. The van der Waals surface area contributed by atoms with Crippen molar-refractivity contribution in [3.05, 3.63) is 58.7 Å². The van der Waals surface area contributed by atoms with Gasteiger partial charge in [0.25, 0.3) is 0 Å². The minimum absolute atomic E-state index is 0.113. The summed E-state index contributed by atoms with van der Waals surface area (Å²) in [6.07, 6.45) is -2.46. The molecular weight excluding hydrogens is 405 g/mol. The second kappa shape index (κ2) is 8.09. The summed E-state index contributed by atoms with van der Waals surface area (Å²) in [5.74, 6) is -1.01. The highest BCUT2D eigenvalue weighted by atomic mass is 19.4. The summed E-state index contributed by atoms with van der Waals surface area (Å²) in [7, 11) is 0. The standard InChI is InChI=1S/C24H29F3N2O2/c1-22(2)11-12-23(3,4)19-18(22)10-7-16(20(19)29-14-24(25,26)27)13-28-17-8-5-15(6-9-17)21(30)31/h5-10,28-29H,11-14H2,1-4H3,(H,30,31). The quantitative estimate of drug-likeness (QED) is 0.498. The summed E-state index contributed by atoms with van der Waals surface area (Å²) in [6.45, 7) is 7.66. The maximum absolute atomic E-state index is 13.1. The van der Waals surface area contributed by atoms with Crippen molar-refractivity contribution in [2.24, 2.45) is 0 Å². The van der Waals surface area contributed by atoms with E-state index in [1.54, 1.807) is 12.1 Å². The molecule has 0 bridgehead atoms. The molecule has 0 atom stereocenters. The van der Waals surface area contributed by atoms with Crippen LogP contribution in [-0.2, 0) is 17.4 Å². The zero-order valence-electron chi connectivity index (χ0n) is 18.3. The van der Waals surface area contributed by atoms with E-state index in [2.05, 4.69) is 38.3 Å². The van der Waals surface area contributed by atoms with E-state index in [0.717, 1.165) is 29.5 Å². The number of alkyl halides is 3. The van der Waals surface area contributed by atoms with Crippen LogP contribution in [0.5, 0.6) is 0 Å². The number of anilines is 2. The van der Waals surface area contributed by atoms with Crippen LogP contribution in [0.1, 0.15) is 67.6 Å². The van der Waals surface area contributed by atoms with Crippen molar-refractivity contribution in [2.45, 2.75) is 64.1 Å². The molecule has 0 aliphatic heterocycles. The van der Waals surface area contributed by atoms with Gasteiger partial charge in [-0.3, -0.25) is 0 Å². The van der Waals surface area contributed by atoms with Crippen molar-refractivity contribution in [3.8, 4) is 0 Å². The van der Waals surface area contributed by atoms with Crippen LogP contribution in [0.15, 0.2) is 36.4 Å². The molecule has 0 unspecified atom stereocenters. The monoisotopic (exact) mass is 434 g/mol. The van der Waals surface area contributed by atoms with Crippen molar-refractivity contribution >= 4 is 17.3 Å². The van der Waals surface area contributed by atoms with Gasteiger partial charge in [-0.25, -0.2) is 4.79 Å². The van der Waals surface area contributed by atoms with Crippen LogP contribution in [0.3, 0.4) is 0 Å². The molecule has 31 heavy (non-hydrogen) atoms. The van der Waals surface area contributed by atoms with E-state index in [1.165, 1.54) is 12.1 Å². The number of rotatable bonds is 6. The Labute approximate surface area is 180 Å². The van der Waals surface area contributed by atoms with E-state index in [0.29, 0.717) is 17.9 Å². The van der Waals surface area contributed by atoms with E-state index in [-0.39, 0.29) is 16.4 Å². The number of carbonyl (C=O) groups is 1. The van der Waals surface area contributed by atoms with E-state index >= 15 is 0 Å². The molecule has 3 N–H and O–H groups in total. The number of nitrogens with one attached hydrogen (secondary N) is 2. The topological polar surface area (TPSA) is 61.4 Å². The Morgan fingerprint density at radius 2 is 1.58 bits per heavy atom. The minimum Gasteiger partial charge on any atom is -0.478 e. The number of carboxylic acids is 1. The highest BCUT2D eigenvalue weighted by Gasteiger charge is 2.40. The number of benzene rings is 2. The molecule has 0 saturated carbocycles. The van der Waals surface area contributed by atoms with Gasteiger partial charge in [0, 0.05) is 17.9 Å². The van der Waals surface area contributed by atoms with E-state index in [9.17, 15) is 18.0 Å². The SMILES string of the molecule is CC1(C)CCC(C)(C)c2c1ccc(CNc1ccc(C(=O)O)cc1)c2NCC(F)(F)F. The zero-order valence-corrected chi connectivity index (χ0v) is 18.3. The van der Waals surface area contributed by atoms with Crippen LogP contribution in [-0.4, -0.2) is 23.8 Å². The molecule has 0 amide bonds. The fraction of sp³-hybridized carbons (Fsp3) is 0.458. The zero-order chi connectivity index (χ0) is 23.0. The van der Waals surface area contributed by atoms with Crippen LogP contribution in [0, 0.1) is 0 Å². The lowest BCUT2D eigenvalue weighted by Crippen LogP contribution is -2.36. The van der Waals surface area contributed by atoms with Gasteiger partial charge in [0.05, 0.1) is 5.56 Å². The molecular formula is C24H29F3N2O2. The molecule has 0 fully saturated rings. The normalized spacial score (nSPS) is 17.0. The van der Waals surface area contributed by atoms with E-state index in [4.69, 9.17) is 5.11 Å². The van der Waals surface area contributed by atoms with Gasteiger partial charge < -0.3 is 15.7 Å². The van der Waals surface area contributed by atoms with Crippen molar-refractivity contribution < 1.29 is 23.1 Å². The first-order valence-corrected chi connectivity index (χ1v) is 10.3. The number of carboxylic acid groups (broad SMARTS) is 1.